The first-order chi connectivity index (χ1) is 7.79. The zero-order chi connectivity index (χ0) is 13.1. The van der Waals surface area contributed by atoms with E-state index in [2.05, 4.69) is 20.9 Å². The minimum Gasteiger partial charge on any atom is -0.478 e. The predicted molar refractivity (Wildman–Crippen MR) is 71.2 cm³/mol. The molecular weight excluding hydrogens is 306 g/mol. The fourth-order valence-electron chi connectivity index (χ4n) is 1.35. The first kappa shape index (κ1) is 14.4. The molecule has 0 fully saturated rings. The molecule has 0 amide bonds. The Labute approximate surface area is 110 Å². The van der Waals surface area contributed by atoms with Gasteiger partial charge in [-0.05, 0) is 41.8 Å². The maximum absolute atomic E-state index is 10.9. The number of aromatic nitrogens is 1. The normalized spacial score (nSPS) is 11.5. The van der Waals surface area contributed by atoms with Crippen LogP contribution in [-0.2, 0) is 9.84 Å². The van der Waals surface area contributed by atoms with E-state index in [4.69, 9.17) is 4.74 Å². The molecule has 4 nitrogen and oxygen atoms in total. The quantitative estimate of drug-likeness (QED) is 0.781. The molecule has 0 aliphatic carbocycles. The Bertz CT molecular complexity index is 476. The molecule has 0 aromatic carbocycles. The molecule has 1 aromatic heterocycles. The number of nitrogens with zero attached hydrogens (tertiary/aromatic N) is 1. The van der Waals surface area contributed by atoms with E-state index in [0.29, 0.717) is 18.9 Å². The van der Waals surface area contributed by atoms with Crippen LogP contribution >= 0.6 is 15.9 Å². The van der Waals surface area contributed by atoms with Gasteiger partial charge in [-0.25, -0.2) is 13.4 Å². The third-order valence-corrected chi connectivity index (χ3v) is 4.42. The highest BCUT2D eigenvalue weighted by Crippen LogP contribution is 2.23. The average molecular weight is 322 g/mol. The topological polar surface area (TPSA) is 56.3 Å². The van der Waals surface area contributed by atoms with Crippen molar-refractivity contribution in [1.82, 2.24) is 4.98 Å². The minimum absolute atomic E-state index is 0.140. The SMILES string of the molecule is Cc1cc(OCCCS(C)(=O)=O)nc(C)c1Br. The zero-order valence-electron chi connectivity index (χ0n) is 10.2. The Morgan fingerprint density at radius 3 is 2.59 bits per heavy atom. The van der Waals surface area contributed by atoms with Gasteiger partial charge in [-0.1, -0.05) is 0 Å². The minimum atomic E-state index is -2.91. The Morgan fingerprint density at radius 1 is 1.41 bits per heavy atom. The van der Waals surface area contributed by atoms with Gasteiger partial charge in [-0.3, -0.25) is 0 Å². The average Bonchev–Trinajstić information content (AvgIpc) is 2.19. The third kappa shape index (κ3) is 5.04. The lowest BCUT2D eigenvalue weighted by atomic mass is 10.2. The number of aryl methyl sites for hydroxylation is 2. The van der Waals surface area contributed by atoms with Crippen LogP contribution in [0.5, 0.6) is 5.88 Å². The van der Waals surface area contributed by atoms with Crippen molar-refractivity contribution in [3.8, 4) is 5.88 Å². The Morgan fingerprint density at radius 2 is 2.06 bits per heavy atom. The van der Waals surface area contributed by atoms with E-state index < -0.39 is 9.84 Å². The van der Waals surface area contributed by atoms with Crippen LogP contribution in [0.4, 0.5) is 0 Å². The smallest absolute Gasteiger partial charge is 0.213 e. The van der Waals surface area contributed by atoms with Crippen LogP contribution in [-0.4, -0.2) is 32.0 Å². The largest absolute Gasteiger partial charge is 0.478 e. The standard InChI is InChI=1S/C11H16BrNO3S/c1-8-7-10(13-9(2)11(8)12)16-5-4-6-17(3,14)15/h7H,4-6H2,1-3H3. The Balaban J connectivity index is 2.53. The summed E-state index contributed by atoms with van der Waals surface area (Å²) in [5.41, 5.74) is 1.92. The highest BCUT2D eigenvalue weighted by Gasteiger charge is 2.06. The summed E-state index contributed by atoms with van der Waals surface area (Å²) in [6.45, 7) is 4.21. The second kappa shape index (κ2) is 5.82. The molecule has 0 saturated heterocycles. The first-order valence-electron chi connectivity index (χ1n) is 5.24. The van der Waals surface area contributed by atoms with Crippen molar-refractivity contribution in [3.63, 3.8) is 0 Å². The number of ether oxygens (including phenoxy) is 1. The van der Waals surface area contributed by atoms with Gasteiger partial charge < -0.3 is 4.74 Å². The van der Waals surface area contributed by atoms with Crippen molar-refractivity contribution in [2.45, 2.75) is 20.3 Å². The van der Waals surface area contributed by atoms with E-state index >= 15 is 0 Å². The molecule has 1 heterocycles. The molecule has 0 aliphatic heterocycles. The van der Waals surface area contributed by atoms with Gasteiger partial charge in [0.15, 0.2) is 0 Å². The number of halogens is 1. The molecule has 1 aromatic rings. The van der Waals surface area contributed by atoms with E-state index in [1.54, 1.807) is 0 Å². The van der Waals surface area contributed by atoms with Gasteiger partial charge >= 0.3 is 0 Å². The van der Waals surface area contributed by atoms with Crippen LogP contribution in [0.2, 0.25) is 0 Å². The van der Waals surface area contributed by atoms with Crippen LogP contribution in [0.1, 0.15) is 17.7 Å². The molecule has 0 radical (unpaired) electrons. The number of hydrogen-bond donors (Lipinski definition) is 0. The van der Waals surface area contributed by atoms with E-state index in [9.17, 15) is 8.42 Å². The molecule has 0 unspecified atom stereocenters. The summed E-state index contributed by atoms with van der Waals surface area (Å²) in [6, 6.07) is 1.83. The number of sulfone groups is 1. The fraction of sp³-hybridized carbons (Fsp3) is 0.545. The summed E-state index contributed by atoms with van der Waals surface area (Å²) in [7, 11) is -2.91. The zero-order valence-corrected chi connectivity index (χ0v) is 12.6. The van der Waals surface area contributed by atoms with Crippen molar-refractivity contribution in [2.24, 2.45) is 0 Å². The summed E-state index contributed by atoms with van der Waals surface area (Å²) in [6.07, 6.45) is 1.70. The van der Waals surface area contributed by atoms with Crippen LogP contribution in [0.25, 0.3) is 0 Å². The number of rotatable bonds is 5. The lowest BCUT2D eigenvalue weighted by molar-refractivity contribution is 0.304. The molecule has 0 atom stereocenters. The van der Waals surface area contributed by atoms with Crippen molar-refractivity contribution in [2.75, 3.05) is 18.6 Å². The number of pyridine rings is 1. The Hall–Kier alpha value is -0.620. The molecular formula is C11H16BrNO3S. The fourth-order valence-corrected chi connectivity index (χ4v) is 2.20. The predicted octanol–water partition coefficient (Wildman–Crippen LogP) is 2.27. The molecule has 6 heteroatoms. The first-order valence-corrected chi connectivity index (χ1v) is 8.09. The van der Waals surface area contributed by atoms with Crippen molar-refractivity contribution in [3.05, 3.63) is 21.8 Å². The lowest BCUT2D eigenvalue weighted by Crippen LogP contribution is -2.08. The van der Waals surface area contributed by atoms with Crippen LogP contribution in [0.3, 0.4) is 0 Å². The highest BCUT2D eigenvalue weighted by molar-refractivity contribution is 9.10. The molecule has 0 spiro atoms. The van der Waals surface area contributed by atoms with Gasteiger partial charge in [-0.2, -0.15) is 0 Å². The van der Waals surface area contributed by atoms with Gasteiger partial charge in [0.1, 0.15) is 9.84 Å². The van der Waals surface area contributed by atoms with E-state index in [1.807, 2.05) is 19.9 Å². The van der Waals surface area contributed by atoms with Crippen LogP contribution < -0.4 is 4.74 Å². The highest BCUT2D eigenvalue weighted by atomic mass is 79.9. The molecule has 0 saturated carbocycles. The molecule has 0 aliphatic rings. The number of hydrogen-bond acceptors (Lipinski definition) is 4. The molecule has 96 valence electrons. The van der Waals surface area contributed by atoms with E-state index in [-0.39, 0.29) is 5.75 Å². The Kier molecular flexibility index (Phi) is 4.94. The van der Waals surface area contributed by atoms with Gasteiger partial charge in [0.05, 0.1) is 18.1 Å². The van der Waals surface area contributed by atoms with Gasteiger partial charge in [0, 0.05) is 16.8 Å². The van der Waals surface area contributed by atoms with Gasteiger partial charge in [0.25, 0.3) is 0 Å². The second-order valence-corrected chi connectivity index (χ2v) is 7.06. The van der Waals surface area contributed by atoms with Crippen LogP contribution in [0.15, 0.2) is 10.5 Å². The maximum atomic E-state index is 10.9. The molecule has 17 heavy (non-hydrogen) atoms. The monoisotopic (exact) mass is 321 g/mol. The summed E-state index contributed by atoms with van der Waals surface area (Å²) in [5.74, 6) is 0.679. The van der Waals surface area contributed by atoms with Crippen molar-refractivity contribution >= 4 is 25.8 Å². The van der Waals surface area contributed by atoms with E-state index in [0.717, 1.165) is 15.7 Å². The second-order valence-electron chi connectivity index (χ2n) is 4.01. The maximum Gasteiger partial charge on any atom is 0.213 e. The molecule has 0 bridgehead atoms. The van der Waals surface area contributed by atoms with Gasteiger partial charge in [0.2, 0.25) is 5.88 Å². The van der Waals surface area contributed by atoms with Crippen molar-refractivity contribution < 1.29 is 13.2 Å². The summed E-state index contributed by atoms with van der Waals surface area (Å²) >= 11 is 3.42. The molecule has 1 rings (SSSR count). The van der Waals surface area contributed by atoms with E-state index in [1.165, 1.54) is 6.26 Å². The molecule has 0 N–H and O–H groups in total. The third-order valence-electron chi connectivity index (χ3n) is 2.19. The lowest BCUT2D eigenvalue weighted by Gasteiger charge is -2.08. The summed E-state index contributed by atoms with van der Waals surface area (Å²) in [5, 5.41) is 0. The van der Waals surface area contributed by atoms with Crippen molar-refractivity contribution in [1.29, 1.82) is 0 Å². The summed E-state index contributed by atoms with van der Waals surface area (Å²) < 4.78 is 28.2. The van der Waals surface area contributed by atoms with Gasteiger partial charge in [-0.15, -0.1) is 0 Å². The van der Waals surface area contributed by atoms with Crippen LogP contribution in [0, 0.1) is 13.8 Å². The summed E-state index contributed by atoms with van der Waals surface area (Å²) in [4.78, 5) is 4.25.